The predicted molar refractivity (Wildman–Crippen MR) is 178 cm³/mol. The van der Waals surface area contributed by atoms with E-state index < -0.39 is 84.6 Å². The van der Waals surface area contributed by atoms with Crippen LogP contribution < -0.4 is 0 Å². The first-order valence-corrected chi connectivity index (χ1v) is 17.0. The van der Waals surface area contributed by atoms with Crippen LogP contribution in [0.3, 0.4) is 0 Å². The maximum Gasteiger partial charge on any atom is 0.413 e. The van der Waals surface area contributed by atoms with Gasteiger partial charge in [0.15, 0.2) is 0 Å². The van der Waals surface area contributed by atoms with E-state index >= 15 is 0 Å². The molecular weight excluding hydrogens is 689 g/mol. The van der Waals surface area contributed by atoms with Gasteiger partial charge in [0.1, 0.15) is 17.6 Å². The molecule has 14 nitrogen and oxygen atoms in total. The Hall–Kier alpha value is -4.96. The number of esters is 3. The molecular formula is C35H38FN3O11S. The van der Waals surface area contributed by atoms with Crippen LogP contribution in [0.4, 0.5) is 9.18 Å². The average molecular weight is 728 g/mol. The van der Waals surface area contributed by atoms with Gasteiger partial charge >= 0.3 is 24.0 Å². The molecule has 2 aromatic carbocycles. The maximum atomic E-state index is 13.5. The number of carbonyl (C=O) groups excluding carboxylic acids is 6. The number of thioether (sulfide) groups is 1. The minimum atomic E-state index is -1.01. The molecule has 0 aliphatic carbocycles. The fraction of sp³-hybridized carbons (Fsp3) is 0.429. The fourth-order valence-corrected chi connectivity index (χ4v) is 7.96. The molecule has 2 saturated heterocycles. The van der Waals surface area contributed by atoms with Gasteiger partial charge in [0, 0.05) is 36.7 Å². The van der Waals surface area contributed by atoms with Crippen molar-refractivity contribution in [1.82, 2.24) is 14.7 Å². The second kappa shape index (κ2) is 15.5. The van der Waals surface area contributed by atoms with E-state index in [1.807, 2.05) is 13.0 Å². The van der Waals surface area contributed by atoms with Crippen molar-refractivity contribution in [1.29, 1.82) is 0 Å². The minimum absolute atomic E-state index is 0.00180. The summed E-state index contributed by atoms with van der Waals surface area (Å²) in [5, 5.41) is 9.89. The summed E-state index contributed by atoms with van der Waals surface area (Å²) in [6, 6.07) is 9.95. The third-order valence-electron chi connectivity index (χ3n) is 8.89. The number of nitrogens with zero attached hydrogens (tertiary/aromatic N) is 3. The number of carbonyl (C=O) groups is 6. The first-order chi connectivity index (χ1) is 24.2. The van der Waals surface area contributed by atoms with Crippen LogP contribution in [0.2, 0.25) is 0 Å². The number of likely N-dealkylation sites (N-methyl/N-ethyl adjacent to an activating group) is 1. The van der Waals surface area contributed by atoms with E-state index in [0.717, 1.165) is 17.7 Å². The summed E-state index contributed by atoms with van der Waals surface area (Å²) in [4.78, 5) is 82.2. The monoisotopic (exact) mass is 727 g/mol. The second-order valence-electron chi connectivity index (χ2n) is 12.7. The van der Waals surface area contributed by atoms with Crippen molar-refractivity contribution in [2.75, 3.05) is 34.2 Å². The van der Waals surface area contributed by atoms with Gasteiger partial charge in [0.2, 0.25) is 25.4 Å². The van der Waals surface area contributed by atoms with Crippen molar-refractivity contribution in [2.24, 2.45) is 11.8 Å². The molecule has 0 unspecified atom stereocenters. The molecule has 6 atom stereocenters. The SMILES string of the molecule is Cc1cccc(C(=O)OCOC(=O)N2C[C@@H](SC3=C(C(=O)OCOC(=O)c4cccc(F)c4)N4C(=O)[C@H]([C@@H](C)O)[C@H]4[C@H]3C)C[C@H]2C(=O)N(C)C)c1. The molecule has 0 saturated carbocycles. The fourth-order valence-electron chi connectivity index (χ4n) is 6.44. The third kappa shape index (κ3) is 7.86. The molecule has 1 N–H and O–H groups in total. The van der Waals surface area contributed by atoms with Crippen LogP contribution in [-0.2, 0) is 33.3 Å². The Labute approximate surface area is 297 Å². The number of hydrogen-bond donors (Lipinski definition) is 1. The molecule has 5 rings (SSSR count). The molecule has 0 bridgehead atoms. The molecule has 272 valence electrons. The highest BCUT2D eigenvalue weighted by molar-refractivity contribution is 8.03. The summed E-state index contributed by atoms with van der Waals surface area (Å²) in [6.07, 6.45) is -1.74. The Morgan fingerprint density at radius 1 is 0.961 bits per heavy atom. The molecule has 3 aliphatic heterocycles. The van der Waals surface area contributed by atoms with Crippen LogP contribution >= 0.6 is 11.8 Å². The first kappa shape index (κ1) is 37.3. The number of aryl methyl sites for hydroxylation is 1. The number of rotatable bonds is 11. The lowest BCUT2D eigenvalue weighted by Gasteiger charge is -2.46. The summed E-state index contributed by atoms with van der Waals surface area (Å²) in [6.45, 7) is 3.57. The van der Waals surface area contributed by atoms with Gasteiger partial charge in [0.05, 0.1) is 29.2 Å². The van der Waals surface area contributed by atoms with E-state index in [1.165, 1.54) is 45.5 Å². The number of amides is 3. The van der Waals surface area contributed by atoms with Gasteiger partial charge in [-0.05, 0) is 50.6 Å². The van der Waals surface area contributed by atoms with Crippen LogP contribution in [-0.4, -0.2) is 113 Å². The van der Waals surface area contributed by atoms with Crippen molar-refractivity contribution in [3.05, 3.63) is 81.6 Å². The Balaban J connectivity index is 1.30. The summed E-state index contributed by atoms with van der Waals surface area (Å²) in [5.74, 6) is -5.35. The van der Waals surface area contributed by atoms with Gasteiger partial charge < -0.3 is 33.9 Å². The highest BCUT2D eigenvalue weighted by atomic mass is 32.2. The van der Waals surface area contributed by atoms with E-state index in [0.29, 0.717) is 4.91 Å². The number of likely N-dealkylation sites (tertiary alicyclic amines) is 1. The largest absolute Gasteiger partial charge is 0.424 e. The molecule has 2 aromatic rings. The van der Waals surface area contributed by atoms with Crippen LogP contribution in [0.25, 0.3) is 0 Å². The van der Waals surface area contributed by atoms with Gasteiger partial charge in [-0.3, -0.25) is 14.5 Å². The minimum Gasteiger partial charge on any atom is -0.424 e. The summed E-state index contributed by atoms with van der Waals surface area (Å²) < 4.78 is 34.2. The van der Waals surface area contributed by atoms with Gasteiger partial charge in [-0.2, -0.15) is 0 Å². The zero-order valence-corrected chi connectivity index (χ0v) is 29.4. The van der Waals surface area contributed by atoms with E-state index in [2.05, 4.69) is 0 Å². The lowest BCUT2D eigenvalue weighted by atomic mass is 9.79. The van der Waals surface area contributed by atoms with E-state index in [-0.39, 0.29) is 35.7 Å². The molecule has 3 heterocycles. The standard InChI is InChI=1S/C35H38FN3O11S/c1-18-8-6-9-21(12-18)32(43)48-17-50-35(46)38-15-24(14-25(38)30(41)37(4)5)51-29-19(2)27-26(20(3)40)31(42)39(27)28(29)34(45)49-16-47-33(44)22-10-7-11-23(36)13-22/h6-13,19-20,24-27,40H,14-17H2,1-5H3/t19-,20-,24+,25+,26-,27-/m1/s1. The van der Waals surface area contributed by atoms with Gasteiger partial charge in [-0.25, -0.2) is 23.6 Å². The highest BCUT2D eigenvalue weighted by Gasteiger charge is 2.60. The number of ether oxygens (including phenoxy) is 4. The van der Waals surface area contributed by atoms with Gasteiger partial charge in [-0.1, -0.05) is 30.7 Å². The number of halogens is 1. The molecule has 0 aromatic heterocycles. The van der Waals surface area contributed by atoms with Crippen molar-refractivity contribution in [2.45, 2.75) is 50.6 Å². The number of β-lactam (4-membered cyclic amide) rings is 1. The number of benzene rings is 2. The topological polar surface area (TPSA) is 169 Å². The first-order valence-electron chi connectivity index (χ1n) is 16.1. The Bertz CT molecular complexity index is 1770. The molecule has 3 aliphatic rings. The smallest absolute Gasteiger partial charge is 0.413 e. The number of hydrogen-bond acceptors (Lipinski definition) is 12. The van der Waals surface area contributed by atoms with Crippen LogP contribution in [0.15, 0.2) is 59.1 Å². The quantitative estimate of drug-likeness (QED) is 0.204. The van der Waals surface area contributed by atoms with Crippen LogP contribution in [0.5, 0.6) is 0 Å². The molecule has 0 radical (unpaired) electrons. The van der Waals surface area contributed by atoms with Gasteiger partial charge in [-0.15, -0.1) is 11.8 Å². The van der Waals surface area contributed by atoms with Gasteiger partial charge in [0.25, 0.3) is 0 Å². The van der Waals surface area contributed by atoms with E-state index in [4.69, 9.17) is 18.9 Å². The second-order valence-corrected chi connectivity index (χ2v) is 14.0. The van der Waals surface area contributed by atoms with Crippen LogP contribution in [0, 0.1) is 24.6 Å². The zero-order valence-electron chi connectivity index (χ0n) is 28.6. The summed E-state index contributed by atoms with van der Waals surface area (Å²) >= 11 is 1.19. The zero-order chi connectivity index (χ0) is 37.1. The maximum absolute atomic E-state index is 13.5. The molecule has 51 heavy (non-hydrogen) atoms. The van der Waals surface area contributed by atoms with Crippen molar-refractivity contribution in [3.8, 4) is 0 Å². The van der Waals surface area contributed by atoms with E-state index in [9.17, 15) is 38.3 Å². The Morgan fingerprint density at radius 3 is 2.18 bits per heavy atom. The molecule has 0 spiro atoms. The number of aliphatic hydroxyl groups excluding tert-OH is 1. The molecule has 2 fully saturated rings. The normalized spacial score (nSPS) is 22.9. The van der Waals surface area contributed by atoms with E-state index in [1.54, 1.807) is 39.2 Å². The Morgan fingerprint density at radius 2 is 1.57 bits per heavy atom. The summed E-state index contributed by atoms with van der Waals surface area (Å²) in [5.41, 5.74) is 0.934. The predicted octanol–water partition coefficient (Wildman–Crippen LogP) is 3.08. The molecule has 16 heteroatoms. The summed E-state index contributed by atoms with van der Waals surface area (Å²) in [7, 11) is 3.08. The van der Waals surface area contributed by atoms with Crippen molar-refractivity contribution in [3.63, 3.8) is 0 Å². The average Bonchev–Trinajstić information content (AvgIpc) is 3.61. The molecule has 3 amide bonds. The van der Waals surface area contributed by atoms with Crippen LogP contribution in [0.1, 0.15) is 46.5 Å². The Kier molecular flexibility index (Phi) is 11.3. The third-order valence-corrected chi connectivity index (χ3v) is 10.4. The lowest BCUT2D eigenvalue weighted by molar-refractivity contribution is -0.166. The lowest BCUT2D eigenvalue weighted by Crippen LogP contribution is -2.63. The number of aliphatic hydroxyl groups is 1. The van der Waals surface area contributed by atoms with Crippen molar-refractivity contribution >= 4 is 47.6 Å². The van der Waals surface area contributed by atoms with Crippen molar-refractivity contribution < 1.29 is 57.2 Å². The number of fused-ring (bicyclic) bond motifs is 1. The highest BCUT2D eigenvalue weighted by Crippen LogP contribution is 2.52.